The van der Waals surface area contributed by atoms with Crippen molar-refractivity contribution in [2.24, 2.45) is 0 Å². The molecule has 0 bridgehead atoms. The highest BCUT2D eigenvalue weighted by Crippen LogP contribution is 2.26. The van der Waals surface area contributed by atoms with Crippen LogP contribution in [0.25, 0.3) is 0 Å². The molecule has 3 nitrogen and oxygen atoms in total. The van der Waals surface area contributed by atoms with E-state index in [4.69, 9.17) is 9.47 Å². The van der Waals surface area contributed by atoms with Gasteiger partial charge in [0.2, 0.25) is 0 Å². The summed E-state index contributed by atoms with van der Waals surface area (Å²) in [6, 6.07) is 7.96. The molecule has 3 heteroatoms. The van der Waals surface area contributed by atoms with Crippen molar-refractivity contribution in [2.45, 2.75) is 32.4 Å². The molecule has 1 unspecified atom stereocenters. The molecule has 0 amide bonds. The normalized spacial score (nSPS) is 13.5. The summed E-state index contributed by atoms with van der Waals surface area (Å²) in [7, 11) is 3.41. The highest BCUT2D eigenvalue weighted by Gasteiger charge is 2.18. The van der Waals surface area contributed by atoms with E-state index in [1.54, 1.807) is 14.2 Å². The maximum absolute atomic E-state index is 5.53. The van der Waals surface area contributed by atoms with E-state index in [0.29, 0.717) is 0 Å². The number of ether oxygens (including phenoxy) is 2. The zero-order valence-corrected chi connectivity index (χ0v) is 11.4. The summed E-state index contributed by atoms with van der Waals surface area (Å²) in [5.74, 6) is 0.870. The number of para-hydroxylation sites is 1. The van der Waals surface area contributed by atoms with E-state index in [2.05, 4.69) is 26.1 Å². The second-order valence-electron chi connectivity index (χ2n) is 5.10. The largest absolute Gasteiger partial charge is 0.496 e. The Kier molecular flexibility index (Phi) is 4.97. The monoisotopic (exact) mass is 237 g/mol. The molecule has 1 aromatic rings. The molecule has 1 N–H and O–H groups in total. The summed E-state index contributed by atoms with van der Waals surface area (Å²) >= 11 is 0. The number of hydrogen-bond donors (Lipinski definition) is 1. The van der Waals surface area contributed by atoms with Crippen molar-refractivity contribution in [2.75, 3.05) is 20.8 Å². The lowest BCUT2D eigenvalue weighted by atomic mass is 10.1. The van der Waals surface area contributed by atoms with Crippen molar-refractivity contribution in [3.8, 4) is 5.75 Å². The fourth-order valence-electron chi connectivity index (χ4n) is 1.65. The Labute approximate surface area is 104 Å². The quantitative estimate of drug-likeness (QED) is 0.854. The Morgan fingerprint density at radius 1 is 1.18 bits per heavy atom. The van der Waals surface area contributed by atoms with Gasteiger partial charge in [-0.15, -0.1) is 0 Å². The van der Waals surface area contributed by atoms with E-state index >= 15 is 0 Å². The Balaban J connectivity index is 2.79. The van der Waals surface area contributed by atoms with Crippen LogP contribution in [0.3, 0.4) is 0 Å². The fourth-order valence-corrected chi connectivity index (χ4v) is 1.65. The van der Waals surface area contributed by atoms with Gasteiger partial charge in [-0.2, -0.15) is 0 Å². The van der Waals surface area contributed by atoms with Crippen LogP contribution in [-0.2, 0) is 4.74 Å². The zero-order valence-electron chi connectivity index (χ0n) is 11.4. The Bertz CT molecular complexity index is 344. The molecule has 0 saturated heterocycles. The lowest BCUT2D eigenvalue weighted by molar-refractivity contribution is 0.0936. The van der Waals surface area contributed by atoms with Gasteiger partial charge in [0.25, 0.3) is 0 Å². The van der Waals surface area contributed by atoms with Gasteiger partial charge in [-0.3, -0.25) is 0 Å². The molecule has 0 aliphatic heterocycles. The molecule has 0 radical (unpaired) electrons. The molecule has 0 heterocycles. The maximum atomic E-state index is 5.53. The molecule has 0 aliphatic carbocycles. The number of nitrogens with one attached hydrogen (secondary N) is 1. The molecule has 96 valence electrons. The first-order chi connectivity index (χ1) is 7.98. The minimum atomic E-state index is 0.00498. The standard InChI is InChI=1S/C14H23NO2/c1-14(2,3)15-10-13(17-5)11-8-6-7-9-12(11)16-4/h6-9,13,15H,10H2,1-5H3. The zero-order chi connectivity index (χ0) is 12.9. The van der Waals surface area contributed by atoms with Gasteiger partial charge in [-0.05, 0) is 26.8 Å². The van der Waals surface area contributed by atoms with Gasteiger partial charge in [0.05, 0.1) is 13.2 Å². The highest BCUT2D eigenvalue weighted by molar-refractivity contribution is 5.35. The van der Waals surface area contributed by atoms with Gasteiger partial charge in [0, 0.05) is 24.8 Å². The van der Waals surface area contributed by atoms with Crippen LogP contribution in [0, 0.1) is 0 Å². The van der Waals surface area contributed by atoms with Crippen molar-refractivity contribution in [1.82, 2.24) is 5.32 Å². The smallest absolute Gasteiger partial charge is 0.124 e. The SMILES string of the molecule is COc1ccccc1C(CNC(C)(C)C)OC. The number of hydrogen-bond acceptors (Lipinski definition) is 3. The van der Waals surface area contributed by atoms with Gasteiger partial charge in [-0.1, -0.05) is 18.2 Å². The summed E-state index contributed by atoms with van der Waals surface area (Å²) in [4.78, 5) is 0. The first-order valence-electron chi connectivity index (χ1n) is 5.88. The molecular weight excluding hydrogens is 214 g/mol. The molecule has 0 fully saturated rings. The summed E-state index contributed by atoms with van der Waals surface area (Å²) in [6.07, 6.45) is 0.00498. The van der Waals surface area contributed by atoms with Crippen LogP contribution >= 0.6 is 0 Å². The van der Waals surface area contributed by atoms with Crippen molar-refractivity contribution in [1.29, 1.82) is 0 Å². The van der Waals surface area contributed by atoms with E-state index < -0.39 is 0 Å². The Morgan fingerprint density at radius 3 is 2.35 bits per heavy atom. The van der Waals surface area contributed by atoms with Gasteiger partial charge >= 0.3 is 0 Å². The predicted octanol–water partition coefficient (Wildman–Crippen LogP) is 2.77. The summed E-state index contributed by atoms with van der Waals surface area (Å²) < 4.78 is 10.9. The van der Waals surface area contributed by atoms with Crippen LogP contribution in [0.2, 0.25) is 0 Å². The van der Waals surface area contributed by atoms with Crippen LogP contribution in [0.15, 0.2) is 24.3 Å². The average molecular weight is 237 g/mol. The molecule has 0 aromatic heterocycles. The first kappa shape index (κ1) is 14.0. The summed E-state index contributed by atoms with van der Waals surface area (Å²) in [6.45, 7) is 7.19. The van der Waals surface area contributed by atoms with Crippen LogP contribution in [0.5, 0.6) is 5.75 Å². The molecular formula is C14H23NO2. The van der Waals surface area contributed by atoms with E-state index in [9.17, 15) is 0 Å². The lowest BCUT2D eigenvalue weighted by Gasteiger charge is -2.25. The Hall–Kier alpha value is -1.06. The van der Waals surface area contributed by atoms with E-state index in [0.717, 1.165) is 17.9 Å². The van der Waals surface area contributed by atoms with Gasteiger partial charge in [0.15, 0.2) is 0 Å². The van der Waals surface area contributed by atoms with Gasteiger partial charge in [0.1, 0.15) is 5.75 Å². The molecule has 1 aromatic carbocycles. The minimum absolute atomic E-state index is 0.00498. The first-order valence-corrected chi connectivity index (χ1v) is 5.88. The second-order valence-corrected chi connectivity index (χ2v) is 5.10. The molecule has 17 heavy (non-hydrogen) atoms. The van der Waals surface area contributed by atoms with E-state index in [1.807, 2.05) is 24.3 Å². The molecule has 0 aliphatic rings. The second kappa shape index (κ2) is 6.03. The molecule has 0 spiro atoms. The van der Waals surface area contributed by atoms with Crippen LogP contribution < -0.4 is 10.1 Å². The third kappa shape index (κ3) is 4.36. The van der Waals surface area contributed by atoms with E-state index in [1.165, 1.54) is 0 Å². The van der Waals surface area contributed by atoms with Crippen LogP contribution in [0.4, 0.5) is 0 Å². The van der Waals surface area contributed by atoms with Crippen molar-refractivity contribution in [3.63, 3.8) is 0 Å². The van der Waals surface area contributed by atoms with Crippen molar-refractivity contribution in [3.05, 3.63) is 29.8 Å². The predicted molar refractivity (Wildman–Crippen MR) is 70.5 cm³/mol. The molecule has 1 rings (SSSR count). The van der Waals surface area contributed by atoms with Crippen LogP contribution in [-0.4, -0.2) is 26.3 Å². The van der Waals surface area contributed by atoms with Crippen molar-refractivity contribution < 1.29 is 9.47 Å². The van der Waals surface area contributed by atoms with E-state index in [-0.39, 0.29) is 11.6 Å². The third-order valence-corrected chi connectivity index (χ3v) is 2.59. The number of methoxy groups -OCH3 is 2. The fraction of sp³-hybridized carbons (Fsp3) is 0.571. The maximum Gasteiger partial charge on any atom is 0.124 e. The summed E-state index contributed by atoms with van der Waals surface area (Å²) in [5, 5.41) is 3.44. The number of rotatable bonds is 5. The average Bonchev–Trinajstić information content (AvgIpc) is 2.29. The lowest BCUT2D eigenvalue weighted by Crippen LogP contribution is -2.39. The minimum Gasteiger partial charge on any atom is -0.496 e. The highest BCUT2D eigenvalue weighted by atomic mass is 16.5. The van der Waals surface area contributed by atoms with Gasteiger partial charge in [-0.25, -0.2) is 0 Å². The van der Waals surface area contributed by atoms with Crippen molar-refractivity contribution >= 4 is 0 Å². The van der Waals surface area contributed by atoms with Gasteiger partial charge < -0.3 is 14.8 Å². The topological polar surface area (TPSA) is 30.5 Å². The number of benzene rings is 1. The third-order valence-electron chi connectivity index (χ3n) is 2.59. The van der Waals surface area contributed by atoms with Crippen LogP contribution in [0.1, 0.15) is 32.4 Å². The molecule has 1 atom stereocenters. The summed E-state index contributed by atoms with van der Waals surface area (Å²) in [5.41, 5.74) is 1.16. The molecule has 0 saturated carbocycles. The Morgan fingerprint density at radius 2 is 1.82 bits per heavy atom.